The van der Waals surface area contributed by atoms with Crippen molar-refractivity contribution in [3.63, 3.8) is 0 Å². The van der Waals surface area contributed by atoms with Gasteiger partial charge in [-0.1, -0.05) is 0 Å². The van der Waals surface area contributed by atoms with Crippen LogP contribution in [-0.4, -0.2) is 0 Å². The maximum Gasteiger partial charge on any atom is 0.0315 e. The molecule has 0 aromatic heterocycles. The lowest BCUT2D eigenvalue weighted by Gasteiger charge is -2.71. The third kappa shape index (κ3) is 2.45. The highest BCUT2D eigenvalue weighted by Gasteiger charge is 2.67. The largest absolute Gasteiger partial charge is 0.0475 e. The molecule has 0 aromatic rings. The van der Waals surface area contributed by atoms with E-state index in [1.54, 1.807) is 0 Å². The van der Waals surface area contributed by atoms with Crippen molar-refractivity contribution in [3.8, 4) is 0 Å². The first-order valence-corrected chi connectivity index (χ1v) is 14.2. The Morgan fingerprint density at radius 3 is 1.45 bits per heavy atom. The minimum absolute atomic E-state index is 0.163. The summed E-state index contributed by atoms with van der Waals surface area (Å²) in [7, 11) is 0. The van der Waals surface area contributed by atoms with Crippen LogP contribution in [0.25, 0.3) is 0 Å². The van der Waals surface area contributed by atoms with Gasteiger partial charge >= 0.3 is 0 Å². The van der Waals surface area contributed by atoms with Gasteiger partial charge in [-0.3, -0.25) is 0 Å². The smallest absolute Gasteiger partial charge is 0.0315 e. The molecule has 2 unspecified atom stereocenters. The molecule has 1 radical (unpaired) electrons. The van der Waals surface area contributed by atoms with Crippen molar-refractivity contribution in [2.75, 3.05) is 0 Å². The van der Waals surface area contributed by atoms with Gasteiger partial charge in [-0.05, 0) is 191 Å². The Morgan fingerprint density at radius 1 is 0.516 bits per heavy atom. The van der Waals surface area contributed by atoms with E-state index < -0.39 is 35.4 Å². The van der Waals surface area contributed by atoms with Crippen LogP contribution in [0.1, 0.15) is 117 Å². The van der Waals surface area contributed by atoms with E-state index in [4.69, 9.17) is 0 Å². The van der Waals surface area contributed by atoms with Gasteiger partial charge in [-0.2, -0.15) is 0 Å². The molecule has 0 N–H and O–H groups in total. The van der Waals surface area contributed by atoms with Crippen LogP contribution < -0.4 is 0 Å². The van der Waals surface area contributed by atoms with Crippen molar-refractivity contribution >= 4 is 0 Å². The predicted molar refractivity (Wildman–Crippen MR) is 125 cm³/mol. The molecule has 12 saturated carbocycles. The molecule has 0 aromatic carbocycles. The van der Waals surface area contributed by atoms with Crippen molar-refractivity contribution in [1.82, 2.24) is 0 Å². The standard InChI is InChI=1S/C31H45/c1-18-8-26-10-19(1)11-27(9-18)28(26)29(30-12-20-2-21(13-30)4-22(3-20)14-30)31-15-23-5-24(16-31)7-25(6-23)17-31/h18-28H,1-17H2/i12T2,20T,26T,27T,28T. The van der Waals surface area contributed by atoms with Gasteiger partial charge in [0.2, 0.25) is 0 Å². The molecule has 0 heterocycles. The monoisotopic (exact) mass is 429 g/mol. The molecule has 12 aliphatic rings. The molecule has 12 bridgehead atoms. The second kappa shape index (κ2) is 5.97. The van der Waals surface area contributed by atoms with Crippen molar-refractivity contribution in [2.45, 2.75) is 109 Å². The highest BCUT2D eigenvalue weighted by molar-refractivity contribution is 5.29. The average Bonchev–Trinajstić information content (AvgIpc) is 2.74. The van der Waals surface area contributed by atoms with Crippen molar-refractivity contribution in [1.29, 1.82) is 0 Å². The molecule has 169 valence electrons. The molecule has 12 fully saturated rings. The second-order valence-corrected chi connectivity index (χ2v) is 14.5. The summed E-state index contributed by atoms with van der Waals surface area (Å²) in [5, 5.41) is 0. The van der Waals surface area contributed by atoms with Gasteiger partial charge in [0.25, 0.3) is 0 Å². The molecule has 0 aliphatic heterocycles. The van der Waals surface area contributed by atoms with Crippen LogP contribution in [0.5, 0.6) is 0 Å². The number of rotatable bonds is 3. The average molecular weight is 430 g/mol. The summed E-state index contributed by atoms with van der Waals surface area (Å²) in [6.45, 7) is 0. The first kappa shape index (κ1) is 13.8. The predicted octanol–water partition coefficient (Wildman–Crippen LogP) is 8.07. The van der Waals surface area contributed by atoms with Crippen LogP contribution in [-0.2, 0) is 0 Å². The minimum Gasteiger partial charge on any atom is -0.0475 e. The van der Waals surface area contributed by atoms with E-state index in [2.05, 4.69) is 0 Å². The maximum absolute atomic E-state index is 10.8. The van der Waals surface area contributed by atoms with Gasteiger partial charge in [0.1, 0.15) is 0 Å². The Balaban J connectivity index is 1.31. The maximum atomic E-state index is 10.8. The van der Waals surface area contributed by atoms with Gasteiger partial charge in [0.15, 0.2) is 0 Å². The summed E-state index contributed by atoms with van der Waals surface area (Å²) in [5.41, 5.74) is -0.937. The molecule has 12 rings (SSSR count). The molecule has 0 spiro atoms. The molecule has 31 heavy (non-hydrogen) atoms. The van der Waals surface area contributed by atoms with E-state index in [-0.39, 0.29) is 5.41 Å². The van der Waals surface area contributed by atoms with Crippen molar-refractivity contribution < 1.29 is 8.22 Å². The Hall–Kier alpha value is 0. The minimum atomic E-state index is -1.67. The van der Waals surface area contributed by atoms with Gasteiger partial charge < -0.3 is 0 Å². The van der Waals surface area contributed by atoms with Crippen LogP contribution >= 0.6 is 0 Å². The summed E-state index contributed by atoms with van der Waals surface area (Å²) >= 11 is 0. The third-order valence-corrected chi connectivity index (χ3v) is 12.2. The van der Waals surface area contributed by atoms with Crippen LogP contribution in [0.15, 0.2) is 0 Å². The SMILES string of the molecule is [3H]C12CC3CC(C1)CC([C](C14CC5CC(CC(C5)C1)C4)C1([3H])C4([3H])CC5CC(C4)CC1([3H])C5)(C3)C2([3H])[3H]. The summed E-state index contributed by atoms with van der Waals surface area (Å²) < 4.78 is 60.4. The molecule has 2 atom stereocenters. The Morgan fingerprint density at radius 2 is 0.935 bits per heavy atom. The van der Waals surface area contributed by atoms with Gasteiger partial charge in [-0.25, -0.2) is 0 Å². The fourth-order valence-corrected chi connectivity index (χ4v) is 12.6. The molecule has 0 amide bonds. The van der Waals surface area contributed by atoms with Crippen LogP contribution in [0.3, 0.4) is 0 Å². The molecule has 12 aliphatic carbocycles. The lowest BCUT2D eigenvalue weighted by molar-refractivity contribution is -0.144. The quantitative estimate of drug-likeness (QED) is 0.425. The van der Waals surface area contributed by atoms with Crippen molar-refractivity contribution in [2.24, 2.45) is 75.8 Å². The normalized spacial score (nSPS) is 78.7. The fourth-order valence-electron chi connectivity index (χ4n) is 12.6. The molecular weight excluding hydrogens is 372 g/mol. The Bertz CT molecular complexity index is 963. The highest BCUT2D eigenvalue weighted by Crippen LogP contribution is 2.76. The zero-order chi connectivity index (χ0) is 25.4. The van der Waals surface area contributed by atoms with E-state index >= 15 is 0 Å². The van der Waals surface area contributed by atoms with Crippen LogP contribution in [0, 0.1) is 81.7 Å². The number of hydrogen-bond acceptors (Lipinski definition) is 0. The summed E-state index contributed by atoms with van der Waals surface area (Å²) in [4.78, 5) is 0. The fraction of sp³-hybridized carbons (Fsp3) is 0.968. The highest BCUT2D eigenvalue weighted by atomic mass is 14.7. The lowest BCUT2D eigenvalue weighted by atomic mass is 9.33. The van der Waals surface area contributed by atoms with E-state index in [1.165, 1.54) is 19.3 Å². The van der Waals surface area contributed by atoms with Crippen LogP contribution in [0.4, 0.5) is 0 Å². The molecular formula is C31H45. The van der Waals surface area contributed by atoms with Crippen LogP contribution in [0.2, 0.25) is 0 Å². The number of hydrogen-bond donors (Lipinski definition) is 0. The van der Waals surface area contributed by atoms with E-state index in [9.17, 15) is 8.22 Å². The summed E-state index contributed by atoms with van der Waals surface area (Å²) in [6, 6.07) is 0. The zero-order valence-electron chi connectivity index (χ0n) is 25.4. The Kier molecular flexibility index (Phi) is 2.65. The topological polar surface area (TPSA) is 0 Å². The van der Waals surface area contributed by atoms with Gasteiger partial charge in [0.05, 0.1) is 0 Å². The third-order valence-electron chi connectivity index (χ3n) is 12.2. The van der Waals surface area contributed by atoms with Crippen molar-refractivity contribution in [3.05, 3.63) is 5.92 Å². The lowest BCUT2D eigenvalue weighted by Crippen LogP contribution is -2.62. The first-order chi connectivity index (χ1) is 17.3. The molecule has 0 heteroatoms. The summed E-state index contributed by atoms with van der Waals surface area (Å²) in [5.74, 6) is 0.529. The first-order valence-electron chi connectivity index (χ1n) is 17.2. The zero-order valence-corrected chi connectivity index (χ0v) is 19.4. The van der Waals surface area contributed by atoms with Gasteiger partial charge in [-0.15, -0.1) is 0 Å². The molecule has 0 nitrogen and oxygen atoms in total. The van der Waals surface area contributed by atoms with E-state index in [0.29, 0.717) is 54.3 Å². The molecule has 0 saturated heterocycles. The van der Waals surface area contributed by atoms with Gasteiger partial charge in [0, 0.05) is 8.22 Å². The Labute approximate surface area is 199 Å². The summed E-state index contributed by atoms with van der Waals surface area (Å²) in [6.07, 6.45) is 13.8. The van der Waals surface area contributed by atoms with E-state index in [1.807, 2.05) is 0 Å². The van der Waals surface area contributed by atoms with E-state index in [0.717, 1.165) is 76.5 Å². The second-order valence-electron chi connectivity index (χ2n) is 14.5.